The lowest BCUT2D eigenvalue weighted by molar-refractivity contribution is 0.0635. The number of pyridine rings is 1. The maximum Gasteiger partial charge on any atom is 0.412 e. The van der Waals surface area contributed by atoms with Crippen LogP contribution in [-0.4, -0.2) is 60.7 Å². The first-order chi connectivity index (χ1) is 16.5. The molecule has 192 valence electrons. The Bertz CT molecular complexity index is 985. The number of carbonyl (C=O) groups excluding carboxylic acids is 3. The third-order valence-electron chi connectivity index (χ3n) is 4.67. The summed E-state index contributed by atoms with van der Waals surface area (Å²) in [6, 6.07) is 2.92. The van der Waals surface area contributed by atoms with Crippen LogP contribution in [0.1, 0.15) is 62.6 Å². The molecule has 2 aromatic heterocycles. The lowest BCUT2D eigenvalue weighted by Crippen LogP contribution is -2.39. The normalized spacial score (nSPS) is 12.1. The highest BCUT2D eigenvalue weighted by Gasteiger charge is 2.20. The van der Waals surface area contributed by atoms with E-state index >= 15 is 0 Å². The second kappa shape index (κ2) is 13.1. The predicted molar refractivity (Wildman–Crippen MR) is 139 cm³/mol. The number of amides is 4. The van der Waals surface area contributed by atoms with Crippen LogP contribution in [0.3, 0.4) is 0 Å². The number of ether oxygens (including phenoxy) is 1. The van der Waals surface area contributed by atoms with Crippen LogP contribution in [0, 0.1) is 0 Å². The van der Waals surface area contributed by atoms with Gasteiger partial charge in [-0.15, -0.1) is 11.3 Å². The van der Waals surface area contributed by atoms with Gasteiger partial charge in [-0.25, -0.2) is 9.59 Å². The maximum atomic E-state index is 12.8. The lowest BCUT2D eigenvalue weighted by atomic mass is 10.1. The van der Waals surface area contributed by atoms with E-state index in [0.29, 0.717) is 24.3 Å². The van der Waals surface area contributed by atoms with E-state index in [1.54, 1.807) is 49.9 Å². The van der Waals surface area contributed by atoms with Crippen molar-refractivity contribution in [2.75, 3.05) is 37.8 Å². The Labute approximate surface area is 210 Å². The van der Waals surface area contributed by atoms with Gasteiger partial charge in [-0.3, -0.25) is 15.1 Å². The van der Waals surface area contributed by atoms with Crippen LogP contribution in [0.4, 0.5) is 21.0 Å². The van der Waals surface area contributed by atoms with Gasteiger partial charge in [0.1, 0.15) is 11.3 Å². The minimum atomic E-state index is -0.634. The first-order valence-corrected chi connectivity index (χ1v) is 12.5. The highest BCUT2D eigenvalue weighted by atomic mass is 32.1. The molecule has 0 bridgehead atoms. The number of rotatable bonds is 10. The maximum absolute atomic E-state index is 12.8. The fraction of sp³-hybridized carbons (Fsp3) is 0.500. The quantitative estimate of drug-likeness (QED) is 0.379. The van der Waals surface area contributed by atoms with Crippen molar-refractivity contribution < 1.29 is 19.1 Å². The average molecular weight is 505 g/mol. The zero-order valence-corrected chi connectivity index (χ0v) is 22.0. The molecule has 0 aliphatic carbocycles. The molecule has 1 atom stereocenters. The van der Waals surface area contributed by atoms with Crippen LogP contribution in [0.25, 0.3) is 0 Å². The van der Waals surface area contributed by atoms with E-state index in [9.17, 15) is 14.4 Å². The van der Waals surface area contributed by atoms with E-state index in [4.69, 9.17) is 4.74 Å². The van der Waals surface area contributed by atoms with Gasteiger partial charge in [-0.2, -0.15) is 0 Å². The van der Waals surface area contributed by atoms with Crippen molar-refractivity contribution in [3.63, 3.8) is 0 Å². The van der Waals surface area contributed by atoms with Crippen LogP contribution < -0.4 is 21.3 Å². The van der Waals surface area contributed by atoms with Gasteiger partial charge in [0.25, 0.3) is 5.91 Å². The molecule has 4 amide bonds. The molecule has 0 saturated carbocycles. The molecule has 1 unspecified atom stereocenters. The zero-order chi connectivity index (χ0) is 26.0. The van der Waals surface area contributed by atoms with Gasteiger partial charge < -0.3 is 25.6 Å². The van der Waals surface area contributed by atoms with E-state index in [1.807, 2.05) is 25.9 Å². The number of hydrogen-bond acceptors (Lipinski definition) is 7. The third kappa shape index (κ3) is 9.91. The molecule has 4 N–H and O–H groups in total. The summed E-state index contributed by atoms with van der Waals surface area (Å²) < 4.78 is 5.27. The number of nitrogens with one attached hydrogen (secondary N) is 4. The summed E-state index contributed by atoms with van der Waals surface area (Å²) in [7, 11) is 3.94. The summed E-state index contributed by atoms with van der Waals surface area (Å²) in [6.45, 7) is 8.68. The Morgan fingerprint density at radius 3 is 2.37 bits per heavy atom. The first-order valence-electron chi connectivity index (χ1n) is 11.5. The number of hydrogen-bond donors (Lipinski definition) is 4. The molecule has 0 aliphatic heterocycles. The lowest BCUT2D eigenvalue weighted by Gasteiger charge is -2.21. The molecule has 2 aromatic rings. The molecule has 0 aliphatic rings. The molecule has 35 heavy (non-hydrogen) atoms. The number of aromatic nitrogens is 1. The van der Waals surface area contributed by atoms with Crippen molar-refractivity contribution in [2.45, 2.75) is 52.2 Å². The standard InChI is InChI=1S/C24H36N6O4S/c1-7-11-25-22(32)28-17(10-12-30(5)6)16-8-9-18(26-13-16)21(31)27-19-14-35-15-20(19)29-23(33)34-24(2,3)4/h8-9,13-15,17H,7,10-12H2,1-6H3,(H,27,31)(H,29,33)(H2,25,28,32). The second-order valence-corrected chi connectivity index (χ2v) is 10.0. The van der Waals surface area contributed by atoms with E-state index < -0.39 is 17.6 Å². The highest BCUT2D eigenvalue weighted by molar-refractivity contribution is 7.09. The summed E-state index contributed by atoms with van der Waals surface area (Å²) in [4.78, 5) is 43.4. The fourth-order valence-corrected chi connectivity index (χ4v) is 3.71. The molecule has 11 heteroatoms. The van der Waals surface area contributed by atoms with Crippen LogP contribution in [0.15, 0.2) is 29.1 Å². The van der Waals surface area contributed by atoms with Gasteiger partial charge >= 0.3 is 12.1 Å². The van der Waals surface area contributed by atoms with Crippen LogP contribution >= 0.6 is 11.3 Å². The fourth-order valence-electron chi connectivity index (χ4n) is 2.99. The van der Waals surface area contributed by atoms with E-state index in [-0.39, 0.29) is 17.8 Å². The number of thiophene rings is 1. The number of nitrogens with zero attached hydrogens (tertiary/aromatic N) is 2. The van der Waals surface area contributed by atoms with Gasteiger partial charge in [-0.1, -0.05) is 13.0 Å². The average Bonchev–Trinajstić information content (AvgIpc) is 3.20. The van der Waals surface area contributed by atoms with Crippen molar-refractivity contribution in [3.05, 3.63) is 40.3 Å². The van der Waals surface area contributed by atoms with Gasteiger partial charge in [0.2, 0.25) is 0 Å². The molecule has 10 nitrogen and oxygen atoms in total. The second-order valence-electron chi connectivity index (χ2n) is 9.30. The number of urea groups is 1. The Balaban J connectivity index is 2.07. The monoisotopic (exact) mass is 504 g/mol. The topological polar surface area (TPSA) is 125 Å². The molecule has 2 heterocycles. The molecule has 0 aromatic carbocycles. The largest absolute Gasteiger partial charge is 0.444 e. The molecular weight excluding hydrogens is 468 g/mol. The molecule has 0 radical (unpaired) electrons. The van der Waals surface area contributed by atoms with Crippen LogP contribution in [-0.2, 0) is 4.74 Å². The van der Waals surface area contributed by atoms with Gasteiger partial charge in [0.15, 0.2) is 0 Å². The number of anilines is 2. The third-order valence-corrected chi connectivity index (χ3v) is 5.42. The zero-order valence-electron chi connectivity index (χ0n) is 21.2. The van der Waals surface area contributed by atoms with E-state index in [0.717, 1.165) is 18.5 Å². The van der Waals surface area contributed by atoms with Gasteiger partial charge in [0, 0.05) is 23.5 Å². The van der Waals surface area contributed by atoms with Gasteiger partial charge in [-0.05, 0) is 65.9 Å². The summed E-state index contributed by atoms with van der Waals surface area (Å²) in [5.74, 6) is -0.416. The van der Waals surface area contributed by atoms with Crippen molar-refractivity contribution in [1.29, 1.82) is 0 Å². The Hall–Kier alpha value is -3.18. The summed E-state index contributed by atoms with van der Waals surface area (Å²) >= 11 is 1.33. The molecule has 2 rings (SSSR count). The SMILES string of the molecule is CCCNC(=O)NC(CCN(C)C)c1ccc(C(=O)Nc2cscc2NC(=O)OC(C)(C)C)nc1. The Kier molecular flexibility index (Phi) is 10.5. The van der Waals surface area contributed by atoms with Crippen molar-refractivity contribution in [1.82, 2.24) is 20.5 Å². The minimum absolute atomic E-state index is 0.213. The highest BCUT2D eigenvalue weighted by Crippen LogP contribution is 2.27. The van der Waals surface area contributed by atoms with Crippen LogP contribution in [0.5, 0.6) is 0 Å². The minimum Gasteiger partial charge on any atom is -0.444 e. The molecule has 0 saturated heterocycles. The van der Waals surface area contributed by atoms with Gasteiger partial charge in [0.05, 0.1) is 17.4 Å². The summed E-state index contributed by atoms with van der Waals surface area (Å²) in [5.41, 5.74) is 1.28. The Morgan fingerprint density at radius 2 is 1.80 bits per heavy atom. The summed E-state index contributed by atoms with van der Waals surface area (Å²) in [6.07, 6.45) is 2.53. The Morgan fingerprint density at radius 1 is 1.11 bits per heavy atom. The van der Waals surface area contributed by atoms with E-state index in [2.05, 4.69) is 26.3 Å². The molecule has 0 fully saturated rings. The van der Waals surface area contributed by atoms with Crippen LogP contribution in [0.2, 0.25) is 0 Å². The molecule has 0 spiro atoms. The predicted octanol–water partition coefficient (Wildman–Crippen LogP) is 4.44. The van der Waals surface area contributed by atoms with E-state index in [1.165, 1.54) is 11.3 Å². The summed E-state index contributed by atoms with van der Waals surface area (Å²) in [5, 5.41) is 14.6. The number of carbonyl (C=O) groups is 3. The van der Waals surface area contributed by atoms with Crippen molar-refractivity contribution in [3.8, 4) is 0 Å². The van der Waals surface area contributed by atoms with Crippen molar-refractivity contribution >= 4 is 40.7 Å². The smallest absolute Gasteiger partial charge is 0.412 e. The first kappa shape index (κ1) is 28.1. The molecular formula is C24H36N6O4S. The van der Waals surface area contributed by atoms with Crippen molar-refractivity contribution in [2.24, 2.45) is 0 Å².